The van der Waals surface area contributed by atoms with E-state index < -0.39 is 40.4 Å². The summed E-state index contributed by atoms with van der Waals surface area (Å²) in [5.41, 5.74) is 0.800. The van der Waals surface area contributed by atoms with E-state index in [4.69, 9.17) is 0 Å². The molecule has 7 heteroatoms. The molecule has 1 aliphatic rings. The van der Waals surface area contributed by atoms with Crippen LogP contribution >= 0.6 is 0 Å². The molecule has 0 bridgehead atoms. The maximum absolute atomic E-state index is 13.0. The van der Waals surface area contributed by atoms with Crippen molar-refractivity contribution < 1.29 is 17.9 Å². The van der Waals surface area contributed by atoms with Gasteiger partial charge in [0.15, 0.2) is 0 Å². The maximum atomic E-state index is 13.0. The highest BCUT2D eigenvalue weighted by Gasteiger charge is 2.55. The number of benzene rings is 2. The molecule has 0 radical (unpaired) electrons. The van der Waals surface area contributed by atoms with Crippen LogP contribution < -0.4 is 0 Å². The molecule has 0 saturated carbocycles. The molecular weight excluding hydrogens is 331 g/mol. The third-order valence-electron chi connectivity index (χ3n) is 4.25. The Morgan fingerprint density at radius 3 is 2.29 bits per heavy atom. The van der Waals surface area contributed by atoms with Crippen LogP contribution in [0.3, 0.4) is 0 Å². The van der Waals surface area contributed by atoms with Crippen LogP contribution in [-0.4, -0.2) is 36.5 Å². The number of hydrogen-bond donors (Lipinski definition) is 1. The summed E-state index contributed by atoms with van der Waals surface area (Å²) in [5, 5.41) is 19.1. The SMILES string of the molecule is N#C[C@@H]1[C@@H](c2ccccc2)[C@H](CO)N1S(=O)(=O)c1ccc(F)cc1. The highest BCUT2D eigenvalue weighted by molar-refractivity contribution is 7.89. The average molecular weight is 346 g/mol. The standard InChI is InChI=1S/C17H15FN2O3S/c18-13-6-8-14(9-7-13)24(22,23)20-15(10-19)17(16(20)11-21)12-4-2-1-3-5-12/h1-9,15-17,21H,11H2/t15-,16+,17-/m1/s1. The molecule has 5 nitrogen and oxygen atoms in total. The summed E-state index contributed by atoms with van der Waals surface area (Å²) in [7, 11) is -4.00. The van der Waals surface area contributed by atoms with Crippen LogP contribution in [0.15, 0.2) is 59.5 Å². The summed E-state index contributed by atoms with van der Waals surface area (Å²) in [4.78, 5) is -0.103. The van der Waals surface area contributed by atoms with Crippen molar-refractivity contribution in [2.24, 2.45) is 0 Å². The predicted octanol–water partition coefficient (Wildman–Crippen LogP) is 1.87. The summed E-state index contributed by atoms with van der Waals surface area (Å²) < 4.78 is 39.6. The second-order valence-corrected chi connectivity index (χ2v) is 7.39. The Kier molecular flexibility index (Phi) is 4.37. The Labute approximate surface area is 139 Å². The molecule has 1 saturated heterocycles. The van der Waals surface area contributed by atoms with Gasteiger partial charge < -0.3 is 5.11 Å². The van der Waals surface area contributed by atoms with Gasteiger partial charge in [-0.1, -0.05) is 30.3 Å². The molecule has 0 aromatic heterocycles. The van der Waals surface area contributed by atoms with Gasteiger partial charge in [-0.05, 0) is 29.8 Å². The fourth-order valence-electron chi connectivity index (χ4n) is 3.10. The number of sulfonamides is 1. The fourth-order valence-corrected chi connectivity index (χ4v) is 4.85. The van der Waals surface area contributed by atoms with E-state index in [1.165, 1.54) is 0 Å². The van der Waals surface area contributed by atoms with Crippen LogP contribution in [0.2, 0.25) is 0 Å². The van der Waals surface area contributed by atoms with Crippen molar-refractivity contribution >= 4 is 10.0 Å². The smallest absolute Gasteiger partial charge is 0.244 e. The zero-order valence-corrected chi connectivity index (χ0v) is 13.4. The van der Waals surface area contributed by atoms with E-state index in [1.807, 2.05) is 12.1 Å². The van der Waals surface area contributed by atoms with Gasteiger partial charge in [0.25, 0.3) is 0 Å². The van der Waals surface area contributed by atoms with Gasteiger partial charge >= 0.3 is 0 Å². The summed E-state index contributed by atoms with van der Waals surface area (Å²) in [5.74, 6) is -0.952. The monoisotopic (exact) mass is 346 g/mol. The second kappa shape index (κ2) is 6.32. The fraction of sp³-hybridized carbons (Fsp3) is 0.235. The van der Waals surface area contributed by atoms with Gasteiger partial charge in [-0.15, -0.1) is 0 Å². The molecule has 0 unspecified atom stereocenters. The average Bonchev–Trinajstić information content (AvgIpc) is 2.56. The lowest BCUT2D eigenvalue weighted by molar-refractivity contribution is 0.0557. The molecule has 0 amide bonds. The first-order valence-corrected chi connectivity index (χ1v) is 8.79. The minimum atomic E-state index is -4.00. The van der Waals surface area contributed by atoms with Crippen LogP contribution in [0.4, 0.5) is 4.39 Å². The van der Waals surface area contributed by atoms with E-state index in [-0.39, 0.29) is 4.90 Å². The molecule has 0 spiro atoms. The van der Waals surface area contributed by atoms with E-state index in [1.54, 1.807) is 24.3 Å². The summed E-state index contributed by atoms with van der Waals surface area (Å²) in [6.07, 6.45) is 0. The normalized spacial score (nSPS) is 24.1. The van der Waals surface area contributed by atoms with E-state index in [0.29, 0.717) is 0 Å². The van der Waals surface area contributed by atoms with Crippen molar-refractivity contribution in [1.82, 2.24) is 4.31 Å². The molecule has 124 valence electrons. The number of aliphatic hydroxyl groups excluding tert-OH is 1. The molecule has 1 fully saturated rings. The van der Waals surface area contributed by atoms with Crippen LogP contribution in [-0.2, 0) is 10.0 Å². The molecule has 1 heterocycles. The van der Waals surface area contributed by atoms with Gasteiger partial charge in [-0.25, -0.2) is 12.8 Å². The zero-order valence-electron chi connectivity index (χ0n) is 12.6. The lowest BCUT2D eigenvalue weighted by Gasteiger charge is -2.50. The molecular formula is C17H15FN2O3S. The lowest BCUT2D eigenvalue weighted by Crippen LogP contribution is -2.64. The molecule has 24 heavy (non-hydrogen) atoms. The molecule has 1 N–H and O–H groups in total. The number of nitrogens with zero attached hydrogens (tertiary/aromatic N) is 2. The van der Waals surface area contributed by atoms with E-state index in [0.717, 1.165) is 34.1 Å². The first kappa shape index (κ1) is 16.6. The van der Waals surface area contributed by atoms with Crippen LogP contribution in [0, 0.1) is 17.1 Å². The molecule has 2 aromatic rings. The lowest BCUT2D eigenvalue weighted by atomic mass is 9.78. The minimum absolute atomic E-state index is 0.103. The Balaban J connectivity index is 1.99. The Bertz CT molecular complexity index is 863. The summed E-state index contributed by atoms with van der Waals surface area (Å²) in [6, 6.07) is 13.8. The Morgan fingerprint density at radius 2 is 1.75 bits per heavy atom. The molecule has 1 aliphatic heterocycles. The first-order valence-electron chi connectivity index (χ1n) is 7.35. The van der Waals surface area contributed by atoms with E-state index >= 15 is 0 Å². The van der Waals surface area contributed by atoms with Crippen molar-refractivity contribution in [3.8, 4) is 6.07 Å². The number of halogens is 1. The largest absolute Gasteiger partial charge is 0.395 e. The van der Waals surface area contributed by atoms with E-state index in [2.05, 4.69) is 0 Å². The minimum Gasteiger partial charge on any atom is -0.395 e. The maximum Gasteiger partial charge on any atom is 0.244 e. The number of hydrogen-bond acceptors (Lipinski definition) is 4. The molecule has 0 aliphatic carbocycles. The van der Waals surface area contributed by atoms with Gasteiger partial charge in [-0.2, -0.15) is 9.57 Å². The van der Waals surface area contributed by atoms with Gasteiger partial charge in [0.2, 0.25) is 10.0 Å². The Hall–Kier alpha value is -2.27. The summed E-state index contributed by atoms with van der Waals surface area (Å²) >= 11 is 0. The summed E-state index contributed by atoms with van der Waals surface area (Å²) in [6.45, 7) is -0.405. The predicted molar refractivity (Wildman–Crippen MR) is 84.9 cm³/mol. The van der Waals surface area contributed by atoms with Crippen molar-refractivity contribution in [2.45, 2.75) is 22.9 Å². The zero-order chi connectivity index (χ0) is 17.3. The quantitative estimate of drug-likeness (QED) is 0.916. The molecule has 2 aromatic carbocycles. The van der Waals surface area contributed by atoms with Crippen LogP contribution in [0.25, 0.3) is 0 Å². The van der Waals surface area contributed by atoms with Gasteiger partial charge in [-0.3, -0.25) is 0 Å². The van der Waals surface area contributed by atoms with Crippen LogP contribution in [0.5, 0.6) is 0 Å². The van der Waals surface area contributed by atoms with Gasteiger partial charge in [0.1, 0.15) is 11.9 Å². The highest BCUT2D eigenvalue weighted by atomic mass is 32.2. The van der Waals surface area contributed by atoms with Crippen molar-refractivity contribution in [1.29, 1.82) is 5.26 Å². The number of aliphatic hydroxyl groups is 1. The van der Waals surface area contributed by atoms with Gasteiger partial charge in [0.05, 0.1) is 23.6 Å². The first-order chi connectivity index (χ1) is 11.5. The van der Waals surface area contributed by atoms with Crippen molar-refractivity contribution in [3.05, 3.63) is 66.0 Å². The van der Waals surface area contributed by atoms with Gasteiger partial charge in [0, 0.05) is 5.92 Å². The molecule has 3 atom stereocenters. The van der Waals surface area contributed by atoms with Crippen molar-refractivity contribution in [2.75, 3.05) is 6.61 Å². The second-order valence-electron chi connectivity index (χ2n) is 5.55. The molecule has 3 rings (SSSR count). The third-order valence-corrected chi connectivity index (χ3v) is 6.17. The topological polar surface area (TPSA) is 81.4 Å². The third kappa shape index (κ3) is 2.59. The van der Waals surface area contributed by atoms with Crippen molar-refractivity contribution in [3.63, 3.8) is 0 Å². The van der Waals surface area contributed by atoms with E-state index in [9.17, 15) is 23.2 Å². The van der Waals surface area contributed by atoms with Crippen LogP contribution in [0.1, 0.15) is 11.5 Å². The number of rotatable bonds is 4. The number of nitriles is 1. The highest BCUT2D eigenvalue weighted by Crippen LogP contribution is 2.43. The Morgan fingerprint density at radius 1 is 1.12 bits per heavy atom.